The molecule has 0 saturated heterocycles. The lowest BCUT2D eigenvalue weighted by molar-refractivity contribution is 1.05. The van der Waals surface area contributed by atoms with Crippen LogP contribution in [-0.2, 0) is 6.54 Å². The van der Waals surface area contributed by atoms with Crippen LogP contribution in [0.15, 0.2) is 55.1 Å². The van der Waals surface area contributed by atoms with E-state index < -0.39 is 0 Å². The highest BCUT2D eigenvalue weighted by atomic mass is 15.0. The summed E-state index contributed by atoms with van der Waals surface area (Å²) in [4.78, 5) is 4.09. The van der Waals surface area contributed by atoms with Crippen LogP contribution in [0.1, 0.15) is 5.56 Å². The maximum Gasteiger partial charge on any atom is 0.0991 e. The van der Waals surface area contributed by atoms with Crippen LogP contribution in [0.25, 0.3) is 16.5 Å². The van der Waals surface area contributed by atoms with Crippen LogP contribution in [0.4, 0.5) is 0 Å². The zero-order chi connectivity index (χ0) is 11.7. The Morgan fingerprint density at radius 1 is 1.06 bits per heavy atom. The summed E-state index contributed by atoms with van der Waals surface area (Å²) in [6, 6.07) is 12.5. The summed E-state index contributed by atoms with van der Waals surface area (Å²) in [6.07, 6.45) is 5.54. The Balaban J connectivity index is 2.34. The number of hydrogen-bond donors (Lipinski definition) is 1. The van der Waals surface area contributed by atoms with Gasteiger partial charge in [-0.1, -0.05) is 30.3 Å². The van der Waals surface area contributed by atoms with Gasteiger partial charge in [0.15, 0.2) is 0 Å². The van der Waals surface area contributed by atoms with Crippen molar-refractivity contribution in [1.82, 2.24) is 9.55 Å². The van der Waals surface area contributed by atoms with Crippen molar-refractivity contribution in [2.75, 3.05) is 0 Å². The highest BCUT2D eigenvalue weighted by molar-refractivity contribution is 5.92. The Hall–Kier alpha value is -2.13. The van der Waals surface area contributed by atoms with Gasteiger partial charge in [0.25, 0.3) is 0 Å². The summed E-state index contributed by atoms with van der Waals surface area (Å²) < 4.78 is 2.02. The molecule has 3 rings (SSSR count). The van der Waals surface area contributed by atoms with Crippen molar-refractivity contribution in [3.63, 3.8) is 0 Å². The summed E-state index contributed by atoms with van der Waals surface area (Å²) >= 11 is 0. The third kappa shape index (κ3) is 1.61. The Morgan fingerprint density at radius 3 is 2.59 bits per heavy atom. The van der Waals surface area contributed by atoms with Gasteiger partial charge >= 0.3 is 0 Å². The van der Waals surface area contributed by atoms with Crippen LogP contribution < -0.4 is 5.73 Å². The van der Waals surface area contributed by atoms with E-state index in [0.29, 0.717) is 6.54 Å². The topological polar surface area (TPSA) is 43.8 Å². The number of aromatic nitrogens is 2. The predicted molar refractivity (Wildman–Crippen MR) is 69.0 cm³/mol. The third-order valence-electron chi connectivity index (χ3n) is 2.99. The number of nitrogens with zero attached hydrogens (tertiary/aromatic N) is 2. The second-order valence-electron chi connectivity index (χ2n) is 3.96. The molecule has 0 aliphatic rings. The van der Waals surface area contributed by atoms with Gasteiger partial charge in [0.05, 0.1) is 12.0 Å². The number of fused-ring (bicyclic) bond motifs is 1. The molecule has 17 heavy (non-hydrogen) atoms. The van der Waals surface area contributed by atoms with E-state index in [4.69, 9.17) is 5.73 Å². The molecule has 84 valence electrons. The van der Waals surface area contributed by atoms with Gasteiger partial charge in [0, 0.05) is 24.3 Å². The molecule has 3 heteroatoms. The minimum Gasteiger partial charge on any atom is -0.326 e. The number of benzene rings is 2. The molecule has 3 nitrogen and oxygen atoms in total. The molecule has 0 fully saturated rings. The first kappa shape index (κ1) is 10.1. The number of hydrogen-bond acceptors (Lipinski definition) is 2. The molecular formula is C14H13N3. The molecule has 0 aliphatic carbocycles. The first-order valence-corrected chi connectivity index (χ1v) is 5.59. The number of nitrogens with two attached hydrogens (primary N) is 1. The SMILES string of the molecule is NCc1ccc(-n2ccnc2)c2ccccc12. The van der Waals surface area contributed by atoms with Crippen molar-refractivity contribution in [2.45, 2.75) is 6.54 Å². The summed E-state index contributed by atoms with van der Waals surface area (Å²) in [5.74, 6) is 0. The van der Waals surface area contributed by atoms with Gasteiger partial charge in [-0.15, -0.1) is 0 Å². The molecule has 3 aromatic rings. The molecule has 0 bridgehead atoms. The van der Waals surface area contributed by atoms with E-state index in [1.165, 1.54) is 16.3 Å². The Morgan fingerprint density at radius 2 is 1.88 bits per heavy atom. The standard InChI is InChI=1S/C14H13N3/c15-9-11-5-6-14(17-8-7-16-10-17)13-4-2-1-3-12(11)13/h1-8,10H,9,15H2. The van der Waals surface area contributed by atoms with Crippen LogP contribution in [-0.4, -0.2) is 9.55 Å². The van der Waals surface area contributed by atoms with Crippen molar-refractivity contribution < 1.29 is 0 Å². The van der Waals surface area contributed by atoms with Crippen molar-refractivity contribution in [3.05, 3.63) is 60.7 Å². The van der Waals surface area contributed by atoms with Crippen LogP contribution in [0.2, 0.25) is 0 Å². The smallest absolute Gasteiger partial charge is 0.0991 e. The Kier molecular flexibility index (Phi) is 2.38. The van der Waals surface area contributed by atoms with Crippen molar-refractivity contribution >= 4 is 10.8 Å². The van der Waals surface area contributed by atoms with E-state index >= 15 is 0 Å². The molecule has 1 aromatic heterocycles. The van der Waals surface area contributed by atoms with Crippen molar-refractivity contribution in [3.8, 4) is 5.69 Å². The molecule has 0 atom stereocenters. The Bertz CT molecular complexity index is 642. The van der Waals surface area contributed by atoms with Crippen LogP contribution in [0, 0.1) is 0 Å². The monoisotopic (exact) mass is 223 g/mol. The summed E-state index contributed by atoms with van der Waals surface area (Å²) in [5.41, 5.74) is 8.07. The predicted octanol–water partition coefficient (Wildman–Crippen LogP) is 2.48. The first-order chi connectivity index (χ1) is 8.40. The molecule has 0 unspecified atom stereocenters. The van der Waals surface area contributed by atoms with Crippen LogP contribution >= 0.6 is 0 Å². The average Bonchev–Trinajstić information content (AvgIpc) is 2.91. The van der Waals surface area contributed by atoms with E-state index in [0.717, 1.165) is 5.69 Å². The molecular weight excluding hydrogens is 210 g/mol. The molecule has 0 amide bonds. The van der Waals surface area contributed by atoms with Gasteiger partial charge in [-0.2, -0.15) is 0 Å². The summed E-state index contributed by atoms with van der Waals surface area (Å²) in [7, 11) is 0. The lowest BCUT2D eigenvalue weighted by Crippen LogP contribution is -1.99. The van der Waals surface area contributed by atoms with Gasteiger partial charge in [0.1, 0.15) is 0 Å². The Labute approximate surface area is 99.5 Å². The first-order valence-electron chi connectivity index (χ1n) is 5.59. The quantitative estimate of drug-likeness (QED) is 0.725. The normalized spacial score (nSPS) is 10.9. The highest BCUT2D eigenvalue weighted by Crippen LogP contribution is 2.25. The van der Waals surface area contributed by atoms with Gasteiger partial charge in [0.2, 0.25) is 0 Å². The molecule has 2 N–H and O–H groups in total. The van der Waals surface area contributed by atoms with E-state index in [-0.39, 0.29) is 0 Å². The molecule has 0 radical (unpaired) electrons. The molecule has 2 aromatic carbocycles. The fourth-order valence-electron chi connectivity index (χ4n) is 2.15. The molecule has 1 heterocycles. The van der Waals surface area contributed by atoms with Crippen LogP contribution in [0.3, 0.4) is 0 Å². The highest BCUT2D eigenvalue weighted by Gasteiger charge is 2.05. The van der Waals surface area contributed by atoms with E-state index in [9.17, 15) is 0 Å². The minimum atomic E-state index is 0.560. The molecule has 0 aliphatic heterocycles. The van der Waals surface area contributed by atoms with Gasteiger partial charge in [-0.25, -0.2) is 4.98 Å². The average molecular weight is 223 g/mol. The van der Waals surface area contributed by atoms with Gasteiger partial charge < -0.3 is 10.3 Å². The van der Waals surface area contributed by atoms with Crippen molar-refractivity contribution in [2.24, 2.45) is 5.73 Å². The zero-order valence-corrected chi connectivity index (χ0v) is 9.38. The fraction of sp³-hybridized carbons (Fsp3) is 0.0714. The lowest BCUT2D eigenvalue weighted by atomic mass is 10.0. The molecule has 0 spiro atoms. The summed E-state index contributed by atoms with van der Waals surface area (Å²) in [6.45, 7) is 0.560. The zero-order valence-electron chi connectivity index (χ0n) is 9.38. The van der Waals surface area contributed by atoms with E-state index in [2.05, 4.69) is 29.2 Å². The van der Waals surface area contributed by atoms with Gasteiger partial charge in [-0.05, 0) is 17.0 Å². The molecule has 0 saturated carbocycles. The number of rotatable bonds is 2. The third-order valence-corrected chi connectivity index (χ3v) is 2.99. The summed E-state index contributed by atoms with van der Waals surface area (Å²) in [5, 5.41) is 2.41. The van der Waals surface area contributed by atoms with Gasteiger partial charge in [-0.3, -0.25) is 0 Å². The van der Waals surface area contributed by atoms with Crippen LogP contribution in [0.5, 0.6) is 0 Å². The maximum atomic E-state index is 5.77. The second kappa shape index (κ2) is 4.03. The van der Waals surface area contributed by atoms with Crippen molar-refractivity contribution in [1.29, 1.82) is 0 Å². The lowest BCUT2D eigenvalue weighted by Gasteiger charge is -2.10. The van der Waals surface area contributed by atoms with E-state index in [1.54, 1.807) is 6.20 Å². The number of imidazole rings is 1. The minimum absolute atomic E-state index is 0.560. The fourth-order valence-corrected chi connectivity index (χ4v) is 2.15. The van der Waals surface area contributed by atoms with E-state index in [1.807, 2.05) is 29.2 Å². The second-order valence-corrected chi connectivity index (χ2v) is 3.96. The largest absolute Gasteiger partial charge is 0.326 e. The maximum absolute atomic E-state index is 5.77.